The van der Waals surface area contributed by atoms with Crippen molar-refractivity contribution in [3.8, 4) is 5.88 Å². The minimum Gasteiger partial charge on any atom is -0.493 e. The smallest absolute Gasteiger partial charge is 0.320 e. The largest absolute Gasteiger partial charge is 0.493 e. The summed E-state index contributed by atoms with van der Waals surface area (Å²) in [4.78, 5) is 67.2. The molecule has 0 fully saturated rings. The van der Waals surface area contributed by atoms with Gasteiger partial charge >= 0.3 is 17.9 Å². The van der Waals surface area contributed by atoms with E-state index >= 15 is 0 Å². The summed E-state index contributed by atoms with van der Waals surface area (Å²) in [6, 6.07) is 3.06. The lowest BCUT2D eigenvalue weighted by Gasteiger charge is -2.22. The highest BCUT2D eigenvalue weighted by Gasteiger charge is 2.36. The molecule has 0 saturated carbocycles. The first kappa shape index (κ1) is 29.5. The van der Waals surface area contributed by atoms with Crippen LogP contribution in [0.15, 0.2) is 34.9 Å². The number of aromatic nitrogens is 2. The van der Waals surface area contributed by atoms with Gasteiger partial charge in [-0.15, -0.1) is 0 Å². The van der Waals surface area contributed by atoms with Crippen LogP contribution >= 0.6 is 0 Å². The predicted molar refractivity (Wildman–Crippen MR) is 136 cm³/mol. The van der Waals surface area contributed by atoms with E-state index in [-0.39, 0.29) is 23.1 Å². The number of carbonyl (C=O) groups excluding carboxylic acids is 2. The normalized spacial score (nSPS) is 13.3. The molecule has 3 atom stereocenters. The number of amides is 1. The minimum absolute atomic E-state index is 0.112. The van der Waals surface area contributed by atoms with E-state index in [0.29, 0.717) is 23.8 Å². The first-order valence-corrected chi connectivity index (χ1v) is 12.0. The van der Waals surface area contributed by atoms with E-state index in [0.717, 1.165) is 5.56 Å². The van der Waals surface area contributed by atoms with E-state index < -0.39 is 66.9 Å². The van der Waals surface area contributed by atoms with Gasteiger partial charge in [0.2, 0.25) is 17.5 Å². The number of aliphatic carboxylic acids is 3. The van der Waals surface area contributed by atoms with E-state index in [2.05, 4.69) is 15.3 Å². The molecule has 15 nitrogen and oxygen atoms in total. The highest BCUT2D eigenvalue weighted by molar-refractivity contribution is 6.04. The van der Waals surface area contributed by atoms with Crippen LogP contribution in [-0.2, 0) is 32.0 Å². The van der Waals surface area contributed by atoms with E-state index in [1.807, 2.05) is 0 Å². The number of carboxylic acid groups (broad SMARTS) is 3. The van der Waals surface area contributed by atoms with Crippen LogP contribution in [-0.4, -0.2) is 72.1 Å². The molecule has 0 aliphatic carbocycles. The molecule has 2 heterocycles. The summed E-state index contributed by atoms with van der Waals surface area (Å²) in [5.74, 6) is -8.56. The molecular weight excluding hydrogens is 530 g/mol. The van der Waals surface area contributed by atoms with Gasteiger partial charge in [-0.2, -0.15) is 9.97 Å². The van der Waals surface area contributed by atoms with Crippen molar-refractivity contribution in [1.29, 1.82) is 0 Å². The molecule has 15 heteroatoms. The lowest BCUT2D eigenvalue weighted by Crippen LogP contribution is -2.47. The molecule has 1 aromatic carbocycles. The number of aromatic hydroxyl groups is 1. The number of anilines is 1. The molecule has 0 radical (unpaired) electrons. The quantitative estimate of drug-likeness (QED) is 0.132. The van der Waals surface area contributed by atoms with Crippen molar-refractivity contribution in [3.63, 3.8) is 0 Å². The molecule has 2 aromatic heterocycles. The van der Waals surface area contributed by atoms with Crippen LogP contribution in [0.4, 0.5) is 5.95 Å². The monoisotopic (exact) mass is 557 g/mol. The number of nitrogens with one attached hydrogen (secondary N) is 1. The lowest BCUT2D eigenvalue weighted by molar-refractivity contribution is -0.148. The number of hydrogen-bond donors (Lipinski definition) is 7. The SMILES string of the molecule is Nc1nc(O)c2c(CCc3ccc(C(=O)N[C@@H](CCC(=O)O)C(=O)C(C[C@H](N)C(=O)O)C(=O)O)cc3)coc2n1. The van der Waals surface area contributed by atoms with Crippen LogP contribution in [0.5, 0.6) is 5.88 Å². The van der Waals surface area contributed by atoms with E-state index in [1.54, 1.807) is 12.1 Å². The van der Waals surface area contributed by atoms with Gasteiger partial charge in [0.1, 0.15) is 17.3 Å². The molecule has 3 aromatic rings. The standard InChI is InChI=1S/C25H27N5O10/c26-15(24(38)39)9-14(23(36)37)19(33)16(7-8-17(31)32)28-20(34)12-4-1-11(2-5-12)3-6-13-10-40-22-18(13)21(35)29-25(27)30-22/h1-2,4-5,10,14-16H,3,6-9,26H2,(H,28,34)(H,31,32)(H,36,37)(H,38,39)(H3,27,29,30,35)/t14?,15-,16-/m0/s1. The Hall–Kier alpha value is -5.05. The van der Waals surface area contributed by atoms with Gasteiger partial charge in [-0.1, -0.05) is 12.1 Å². The Morgan fingerprint density at radius 1 is 0.975 bits per heavy atom. The third kappa shape index (κ3) is 7.28. The predicted octanol–water partition coefficient (Wildman–Crippen LogP) is 0.331. The van der Waals surface area contributed by atoms with Crippen molar-refractivity contribution < 1.29 is 48.8 Å². The topological polar surface area (TPSA) is 269 Å². The van der Waals surface area contributed by atoms with Crippen molar-refractivity contribution in [2.75, 3.05) is 5.73 Å². The van der Waals surface area contributed by atoms with Crippen LogP contribution in [0, 0.1) is 5.92 Å². The summed E-state index contributed by atoms with van der Waals surface area (Å²) >= 11 is 0. The molecule has 1 amide bonds. The van der Waals surface area contributed by atoms with E-state index in [4.69, 9.17) is 26.1 Å². The number of fused-ring (bicyclic) bond motifs is 1. The maximum absolute atomic E-state index is 12.9. The summed E-state index contributed by atoms with van der Waals surface area (Å²) in [7, 11) is 0. The van der Waals surface area contributed by atoms with Gasteiger partial charge in [-0.05, 0) is 43.4 Å². The molecule has 9 N–H and O–H groups in total. The molecule has 40 heavy (non-hydrogen) atoms. The van der Waals surface area contributed by atoms with Gasteiger partial charge in [0.15, 0.2) is 5.78 Å². The van der Waals surface area contributed by atoms with Crippen LogP contribution in [0.2, 0.25) is 0 Å². The second kappa shape index (κ2) is 12.7. The highest BCUT2D eigenvalue weighted by atomic mass is 16.4. The lowest BCUT2D eigenvalue weighted by atomic mass is 9.89. The Labute approximate surface area is 225 Å². The van der Waals surface area contributed by atoms with Crippen molar-refractivity contribution in [1.82, 2.24) is 15.3 Å². The van der Waals surface area contributed by atoms with Gasteiger partial charge in [0.25, 0.3) is 5.91 Å². The van der Waals surface area contributed by atoms with Crippen molar-refractivity contribution in [2.24, 2.45) is 11.7 Å². The molecule has 1 unspecified atom stereocenters. The Bertz CT molecular complexity index is 1440. The van der Waals surface area contributed by atoms with Gasteiger partial charge in [0, 0.05) is 17.5 Å². The zero-order valence-corrected chi connectivity index (χ0v) is 20.9. The average Bonchev–Trinajstić information content (AvgIpc) is 3.30. The second-order valence-electron chi connectivity index (χ2n) is 8.98. The number of ketones is 1. The summed E-state index contributed by atoms with van der Waals surface area (Å²) < 4.78 is 5.32. The maximum atomic E-state index is 12.9. The van der Waals surface area contributed by atoms with Crippen LogP contribution in [0.3, 0.4) is 0 Å². The zero-order chi connectivity index (χ0) is 29.6. The Balaban J connectivity index is 1.70. The molecule has 0 bridgehead atoms. The van der Waals surface area contributed by atoms with Gasteiger partial charge < -0.3 is 41.6 Å². The van der Waals surface area contributed by atoms with E-state index in [1.165, 1.54) is 18.4 Å². The van der Waals surface area contributed by atoms with Crippen molar-refractivity contribution in [2.45, 2.75) is 44.2 Å². The number of aryl methyl sites for hydroxylation is 2. The molecular formula is C25H27N5O10. The number of nitrogens with two attached hydrogens (primary N) is 2. The van der Waals surface area contributed by atoms with Gasteiger partial charge in [0.05, 0.1) is 12.3 Å². The summed E-state index contributed by atoms with van der Waals surface area (Å²) in [5.41, 5.74) is 12.6. The van der Waals surface area contributed by atoms with Crippen molar-refractivity contribution in [3.05, 3.63) is 47.2 Å². The third-order valence-corrected chi connectivity index (χ3v) is 6.15. The first-order valence-electron chi connectivity index (χ1n) is 12.0. The van der Waals surface area contributed by atoms with Gasteiger partial charge in [-0.25, -0.2) is 0 Å². The number of Topliss-reactive ketones (excluding diaryl/α,β-unsaturated/α-hetero) is 1. The zero-order valence-electron chi connectivity index (χ0n) is 20.9. The molecule has 0 aliphatic rings. The molecule has 3 rings (SSSR count). The van der Waals surface area contributed by atoms with Crippen LogP contribution in [0.25, 0.3) is 11.1 Å². The van der Waals surface area contributed by atoms with Crippen LogP contribution in [0.1, 0.15) is 40.7 Å². The number of furan rings is 1. The molecule has 0 spiro atoms. The fraction of sp³-hybridized carbons (Fsp3) is 0.320. The van der Waals surface area contributed by atoms with E-state index in [9.17, 15) is 34.2 Å². The molecule has 0 saturated heterocycles. The van der Waals surface area contributed by atoms with Gasteiger partial charge in [-0.3, -0.25) is 24.0 Å². The number of rotatable bonds is 14. The Morgan fingerprint density at radius 3 is 2.25 bits per heavy atom. The fourth-order valence-electron chi connectivity index (χ4n) is 4.01. The summed E-state index contributed by atoms with van der Waals surface area (Å²) in [6.45, 7) is 0. The minimum atomic E-state index is -1.87. The second-order valence-corrected chi connectivity index (χ2v) is 8.98. The van der Waals surface area contributed by atoms with Crippen LogP contribution < -0.4 is 16.8 Å². The number of hydrogen-bond acceptors (Lipinski definition) is 11. The molecule has 0 aliphatic heterocycles. The number of carboxylic acids is 3. The highest BCUT2D eigenvalue weighted by Crippen LogP contribution is 2.28. The number of benzene rings is 1. The Morgan fingerprint density at radius 2 is 1.65 bits per heavy atom. The fourth-order valence-corrected chi connectivity index (χ4v) is 4.01. The first-order chi connectivity index (χ1) is 18.9. The Kier molecular flexibility index (Phi) is 9.34. The maximum Gasteiger partial charge on any atom is 0.320 e. The summed E-state index contributed by atoms with van der Waals surface area (Å²) in [5, 5.41) is 40.2. The molecule has 212 valence electrons. The third-order valence-electron chi connectivity index (χ3n) is 6.15. The summed E-state index contributed by atoms with van der Waals surface area (Å²) in [6.07, 6.45) is 0.640. The van der Waals surface area contributed by atoms with Crippen molar-refractivity contribution >= 4 is 46.6 Å². The number of carbonyl (C=O) groups is 5. The average molecular weight is 558 g/mol. The number of nitrogens with zero attached hydrogens (tertiary/aromatic N) is 2. The number of nitrogen functional groups attached to an aromatic ring is 1.